The molecule has 3 aromatic rings. The molecule has 3 rings (SSSR count). The Morgan fingerprint density at radius 3 is 2.80 bits per heavy atom. The average Bonchev–Trinajstić information content (AvgIpc) is 2.94. The first-order chi connectivity index (χ1) is 12.1. The van der Waals surface area contributed by atoms with E-state index in [2.05, 4.69) is 15.6 Å². The number of carbonyl (C=O) groups is 2. The predicted octanol–water partition coefficient (Wildman–Crippen LogP) is 3.81. The van der Waals surface area contributed by atoms with Crippen molar-refractivity contribution in [1.82, 2.24) is 9.38 Å². The van der Waals surface area contributed by atoms with Crippen LogP contribution in [0.4, 0.5) is 16.3 Å². The van der Waals surface area contributed by atoms with E-state index in [9.17, 15) is 9.59 Å². The summed E-state index contributed by atoms with van der Waals surface area (Å²) in [6.07, 6.45) is 1.69. The Morgan fingerprint density at radius 1 is 1.20 bits per heavy atom. The van der Waals surface area contributed by atoms with Gasteiger partial charge in [-0.2, -0.15) is 0 Å². The maximum absolute atomic E-state index is 12.3. The lowest BCUT2D eigenvalue weighted by Gasteiger charge is -2.09. The molecule has 2 heterocycles. The van der Waals surface area contributed by atoms with Crippen LogP contribution in [0, 0.1) is 0 Å². The monoisotopic (exact) mass is 358 g/mol. The van der Waals surface area contributed by atoms with E-state index < -0.39 is 12.0 Å². The van der Waals surface area contributed by atoms with Crippen molar-refractivity contribution in [3.63, 3.8) is 0 Å². The van der Waals surface area contributed by atoms with Crippen LogP contribution in [0.5, 0.6) is 0 Å². The van der Waals surface area contributed by atoms with E-state index in [1.165, 1.54) is 0 Å². The van der Waals surface area contributed by atoms with Gasteiger partial charge in [-0.3, -0.25) is 9.72 Å². The molecule has 7 nitrogen and oxygen atoms in total. The smallest absolute Gasteiger partial charge is 0.360 e. The van der Waals surface area contributed by atoms with Gasteiger partial charge in [0.15, 0.2) is 11.5 Å². The molecule has 0 aliphatic heterocycles. The summed E-state index contributed by atoms with van der Waals surface area (Å²) in [4.78, 5) is 28.7. The molecule has 0 saturated carbocycles. The SMILES string of the molecule is CCOC(=O)c1nc2ccccn2c1NC(=O)Nc1cccc(Cl)c1. The van der Waals surface area contributed by atoms with Gasteiger partial charge in [0.25, 0.3) is 0 Å². The van der Waals surface area contributed by atoms with Crippen LogP contribution in [0.25, 0.3) is 5.65 Å². The van der Waals surface area contributed by atoms with E-state index in [1.807, 2.05) is 0 Å². The third-order valence-electron chi connectivity index (χ3n) is 3.31. The number of benzene rings is 1. The maximum Gasteiger partial charge on any atom is 0.360 e. The van der Waals surface area contributed by atoms with Crippen molar-refractivity contribution in [1.29, 1.82) is 0 Å². The first-order valence-corrected chi connectivity index (χ1v) is 7.94. The minimum Gasteiger partial charge on any atom is -0.461 e. The second kappa shape index (κ2) is 7.23. The Labute approximate surface area is 148 Å². The zero-order chi connectivity index (χ0) is 17.8. The lowest BCUT2D eigenvalue weighted by molar-refractivity contribution is 0.0521. The largest absolute Gasteiger partial charge is 0.461 e. The van der Waals surface area contributed by atoms with E-state index >= 15 is 0 Å². The quantitative estimate of drug-likeness (QED) is 0.694. The third kappa shape index (κ3) is 3.72. The lowest BCUT2D eigenvalue weighted by atomic mass is 10.3. The fraction of sp³-hybridized carbons (Fsp3) is 0.118. The highest BCUT2D eigenvalue weighted by molar-refractivity contribution is 6.30. The van der Waals surface area contributed by atoms with Crippen LogP contribution >= 0.6 is 11.6 Å². The molecule has 128 valence electrons. The summed E-state index contributed by atoms with van der Waals surface area (Å²) in [6, 6.07) is 11.5. The van der Waals surface area contributed by atoms with Crippen LogP contribution in [0.1, 0.15) is 17.4 Å². The number of amides is 2. The van der Waals surface area contributed by atoms with E-state index in [1.54, 1.807) is 60.0 Å². The molecule has 0 atom stereocenters. The standard InChI is InChI=1S/C17H15ClN4O3/c1-2-25-16(23)14-15(22-9-4-3-8-13(22)20-14)21-17(24)19-12-7-5-6-11(18)10-12/h3-10H,2H2,1H3,(H2,19,21,24). The molecule has 0 spiro atoms. The first-order valence-electron chi connectivity index (χ1n) is 7.56. The minimum absolute atomic E-state index is 0.0364. The number of nitrogens with zero attached hydrogens (tertiary/aromatic N) is 2. The zero-order valence-corrected chi connectivity index (χ0v) is 14.1. The number of fused-ring (bicyclic) bond motifs is 1. The topological polar surface area (TPSA) is 84.7 Å². The number of ether oxygens (including phenoxy) is 1. The molecular weight excluding hydrogens is 344 g/mol. The van der Waals surface area contributed by atoms with E-state index in [0.717, 1.165) is 0 Å². The molecule has 0 bridgehead atoms. The Kier molecular flexibility index (Phi) is 4.85. The number of rotatable bonds is 4. The highest BCUT2D eigenvalue weighted by atomic mass is 35.5. The third-order valence-corrected chi connectivity index (χ3v) is 3.55. The van der Waals surface area contributed by atoms with Gasteiger partial charge in [0.05, 0.1) is 6.61 Å². The minimum atomic E-state index is -0.607. The van der Waals surface area contributed by atoms with Crippen molar-refractivity contribution in [2.75, 3.05) is 17.2 Å². The Balaban J connectivity index is 1.90. The van der Waals surface area contributed by atoms with Crippen molar-refractivity contribution in [3.8, 4) is 0 Å². The molecule has 1 aromatic carbocycles. The van der Waals surface area contributed by atoms with Gasteiger partial charge in [0, 0.05) is 16.9 Å². The van der Waals surface area contributed by atoms with E-state index in [4.69, 9.17) is 16.3 Å². The molecule has 0 aliphatic rings. The Morgan fingerprint density at radius 2 is 2.04 bits per heavy atom. The van der Waals surface area contributed by atoms with Gasteiger partial charge in [-0.1, -0.05) is 23.7 Å². The summed E-state index contributed by atoms with van der Waals surface area (Å²) >= 11 is 5.90. The van der Waals surface area contributed by atoms with Crippen molar-refractivity contribution in [3.05, 3.63) is 59.4 Å². The average molecular weight is 359 g/mol. The van der Waals surface area contributed by atoms with Crippen molar-refractivity contribution in [2.24, 2.45) is 0 Å². The maximum atomic E-state index is 12.3. The Bertz CT molecular complexity index is 939. The van der Waals surface area contributed by atoms with Gasteiger partial charge in [-0.15, -0.1) is 0 Å². The number of hydrogen-bond donors (Lipinski definition) is 2. The highest BCUT2D eigenvalue weighted by Crippen LogP contribution is 2.20. The number of urea groups is 1. The summed E-state index contributed by atoms with van der Waals surface area (Å²) in [5, 5.41) is 5.80. The molecule has 0 aliphatic carbocycles. The number of esters is 1. The van der Waals surface area contributed by atoms with Gasteiger partial charge in [0.2, 0.25) is 0 Å². The molecule has 2 aromatic heterocycles. The van der Waals surface area contributed by atoms with Gasteiger partial charge < -0.3 is 10.1 Å². The normalized spacial score (nSPS) is 10.5. The summed E-state index contributed by atoms with van der Waals surface area (Å²) < 4.78 is 6.61. The van der Waals surface area contributed by atoms with Crippen LogP contribution in [-0.2, 0) is 4.74 Å². The van der Waals surface area contributed by atoms with Gasteiger partial charge in [0.1, 0.15) is 5.65 Å². The number of anilines is 2. The second-order valence-corrected chi connectivity index (χ2v) is 5.48. The zero-order valence-electron chi connectivity index (χ0n) is 13.3. The van der Waals surface area contributed by atoms with Gasteiger partial charge >= 0.3 is 12.0 Å². The van der Waals surface area contributed by atoms with Crippen molar-refractivity contribution < 1.29 is 14.3 Å². The molecule has 25 heavy (non-hydrogen) atoms. The molecule has 2 amide bonds. The lowest BCUT2D eigenvalue weighted by Crippen LogP contribution is -2.22. The first kappa shape index (κ1) is 16.8. The molecule has 0 fully saturated rings. The summed E-state index contributed by atoms with van der Waals surface area (Å²) in [5.74, 6) is -0.377. The van der Waals surface area contributed by atoms with Crippen LogP contribution < -0.4 is 10.6 Å². The van der Waals surface area contributed by atoms with Gasteiger partial charge in [-0.25, -0.2) is 14.6 Å². The number of carbonyl (C=O) groups excluding carboxylic acids is 2. The summed E-state index contributed by atoms with van der Waals surface area (Å²) in [5.41, 5.74) is 1.08. The summed E-state index contributed by atoms with van der Waals surface area (Å²) in [7, 11) is 0. The van der Waals surface area contributed by atoms with Crippen LogP contribution in [0.15, 0.2) is 48.7 Å². The van der Waals surface area contributed by atoms with Crippen LogP contribution in [-0.4, -0.2) is 28.0 Å². The van der Waals surface area contributed by atoms with Gasteiger partial charge in [-0.05, 0) is 37.3 Å². The predicted molar refractivity (Wildman–Crippen MR) is 95.2 cm³/mol. The number of halogens is 1. The number of aromatic nitrogens is 2. The van der Waals surface area contributed by atoms with E-state index in [-0.39, 0.29) is 18.1 Å². The van der Waals surface area contributed by atoms with Crippen molar-refractivity contribution in [2.45, 2.75) is 6.92 Å². The highest BCUT2D eigenvalue weighted by Gasteiger charge is 2.21. The Hall–Kier alpha value is -3.06. The van der Waals surface area contributed by atoms with E-state index in [0.29, 0.717) is 16.4 Å². The fourth-order valence-corrected chi connectivity index (χ4v) is 2.48. The molecular formula is C17H15ClN4O3. The number of imidazole rings is 1. The molecule has 0 radical (unpaired) electrons. The van der Waals surface area contributed by atoms with Crippen LogP contribution in [0.2, 0.25) is 5.02 Å². The number of pyridine rings is 1. The molecule has 0 unspecified atom stereocenters. The second-order valence-electron chi connectivity index (χ2n) is 5.05. The van der Waals surface area contributed by atoms with Crippen LogP contribution in [0.3, 0.4) is 0 Å². The van der Waals surface area contributed by atoms with Crippen molar-refractivity contribution >= 4 is 40.8 Å². The fourth-order valence-electron chi connectivity index (χ4n) is 2.29. The number of hydrogen-bond acceptors (Lipinski definition) is 4. The molecule has 0 saturated heterocycles. The number of nitrogens with one attached hydrogen (secondary N) is 2. The molecule has 2 N–H and O–H groups in total. The summed E-state index contributed by atoms with van der Waals surface area (Å²) in [6.45, 7) is 1.91. The molecule has 8 heteroatoms.